The molecule has 0 saturated carbocycles. The number of rotatable bonds is 7. The summed E-state index contributed by atoms with van der Waals surface area (Å²) in [7, 11) is -1.27. The highest BCUT2D eigenvalue weighted by molar-refractivity contribution is 8.32. The zero-order valence-electron chi connectivity index (χ0n) is 15.9. The standard InChI is InChI=1S/C20H31NOSSi/c1-7-12-17(3)19(8-2)22-20(15-16-23-24(4,5)6)21-18-13-10-9-11-14-18/h9-11,13-14,17,19H,7-8,12H2,1-6H3. The van der Waals surface area contributed by atoms with Crippen molar-refractivity contribution in [3.05, 3.63) is 30.3 Å². The van der Waals surface area contributed by atoms with Crippen LogP contribution in [0.15, 0.2) is 35.3 Å². The van der Waals surface area contributed by atoms with E-state index in [0.717, 1.165) is 18.5 Å². The molecule has 0 bridgehead atoms. The fraction of sp³-hybridized carbons (Fsp3) is 0.550. The van der Waals surface area contributed by atoms with E-state index in [1.54, 1.807) is 11.2 Å². The van der Waals surface area contributed by atoms with Crippen molar-refractivity contribution in [2.45, 2.75) is 65.8 Å². The lowest BCUT2D eigenvalue weighted by Gasteiger charge is -2.23. The van der Waals surface area contributed by atoms with Crippen molar-refractivity contribution in [3.63, 3.8) is 0 Å². The van der Waals surface area contributed by atoms with Gasteiger partial charge in [-0.2, -0.15) is 0 Å². The molecule has 0 heterocycles. The molecular weight excluding hydrogens is 330 g/mol. The molecule has 2 unspecified atom stereocenters. The molecule has 0 aliphatic rings. The summed E-state index contributed by atoms with van der Waals surface area (Å²) < 4.78 is 6.21. The Morgan fingerprint density at radius 3 is 2.42 bits per heavy atom. The Morgan fingerprint density at radius 1 is 1.21 bits per heavy atom. The topological polar surface area (TPSA) is 21.6 Å². The van der Waals surface area contributed by atoms with E-state index in [1.807, 2.05) is 30.3 Å². The van der Waals surface area contributed by atoms with Crippen molar-refractivity contribution in [1.82, 2.24) is 0 Å². The first-order chi connectivity index (χ1) is 11.4. The second-order valence-electron chi connectivity index (χ2n) is 7.02. The lowest BCUT2D eigenvalue weighted by Crippen LogP contribution is -2.24. The minimum absolute atomic E-state index is 0.165. The molecule has 24 heavy (non-hydrogen) atoms. The van der Waals surface area contributed by atoms with Crippen molar-refractivity contribution in [3.8, 4) is 11.2 Å². The first kappa shape index (κ1) is 20.9. The molecule has 2 atom stereocenters. The summed E-state index contributed by atoms with van der Waals surface area (Å²) in [5, 5.41) is 3.22. The van der Waals surface area contributed by atoms with Crippen LogP contribution in [-0.4, -0.2) is 19.2 Å². The lowest BCUT2D eigenvalue weighted by atomic mass is 9.97. The number of hydrogen-bond donors (Lipinski definition) is 0. The van der Waals surface area contributed by atoms with E-state index in [9.17, 15) is 0 Å². The third kappa shape index (κ3) is 8.61. The molecule has 1 aromatic carbocycles. The van der Waals surface area contributed by atoms with Gasteiger partial charge in [0.15, 0.2) is 0 Å². The Hall–Kier alpha value is -1.18. The van der Waals surface area contributed by atoms with Gasteiger partial charge in [0, 0.05) is 5.92 Å². The minimum Gasteiger partial charge on any atom is -0.468 e. The summed E-state index contributed by atoms with van der Waals surface area (Å²) in [5.74, 6) is 4.21. The van der Waals surface area contributed by atoms with E-state index in [0.29, 0.717) is 11.8 Å². The molecular formula is C20H31NOSSi. The van der Waals surface area contributed by atoms with Crippen LogP contribution < -0.4 is 0 Å². The molecule has 2 nitrogen and oxygen atoms in total. The molecule has 0 saturated heterocycles. The molecule has 132 valence electrons. The highest BCUT2D eigenvalue weighted by Gasteiger charge is 2.18. The van der Waals surface area contributed by atoms with Crippen molar-refractivity contribution in [2.24, 2.45) is 10.9 Å². The van der Waals surface area contributed by atoms with Gasteiger partial charge in [0.1, 0.15) is 13.3 Å². The molecule has 0 aliphatic heterocycles. The van der Waals surface area contributed by atoms with Gasteiger partial charge >= 0.3 is 0 Å². The zero-order valence-corrected chi connectivity index (χ0v) is 17.7. The number of aliphatic imine (C=N–C) groups is 1. The number of para-hydroxylation sites is 1. The van der Waals surface area contributed by atoms with Gasteiger partial charge < -0.3 is 4.74 Å². The quantitative estimate of drug-likeness (QED) is 0.240. The molecule has 0 radical (unpaired) electrons. The molecule has 1 rings (SSSR count). The predicted octanol–water partition coefficient (Wildman–Crippen LogP) is 6.48. The lowest BCUT2D eigenvalue weighted by molar-refractivity contribution is 0.123. The maximum Gasteiger partial charge on any atom is 0.269 e. The van der Waals surface area contributed by atoms with E-state index in [1.165, 1.54) is 6.42 Å². The maximum atomic E-state index is 6.21. The second kappa shape index (κ2) is 10.6. The number of benzene rings is 1. The summed E-state index contributed by atoms with van der Waals surface area (Å²) in [6.45, 7) is 13.5. The van der Waals surface area contributed by atoms with Crippen LogP contribution in [0.4, 0.5) is 5.69 Å². The largest absolute Gasteiger partial charge is 0.468 e. The van der Waals surface area contributed by atoms with Crippen LogP contribution in [0.1, 0.15) is 40.0 Å². The fourth-order valence-electron chi connectivity index (χ4n) is 2.31. The van der Waals surface area contributed by atoms with Gasteiger partial charge in [-0.3, -0.25) is 0 Å². The molecule has 0 amide bonds. The average Bonchev–Trinajstić information content (AvgIpc) is 2.52. The summed E-state index contributed by atoms with van der Waals surface area (Å²) >= 11 is 1.74. The Bertz CT molecular complexity index is 569. The SMILES string of the molecule is CCCC(C)C(CC)OC(C#CS[Si](C)(C)C)=Nc1ccccc1. The van der Waals surface area contributed by atoms with Gasteiger partial charge in [-0.1, -0.05) is 65.0 Å². The predicted molar refractivity (Wildman–Crippen MR) is 111 cm³/mol. The van der Waals surface area contributed by atoms with E-state index in [2.05, 4.69) is 56.6 Å². The van der Waals surface area contributed by atoms with Gasteiger partial charge in [0.2, 0.25) is 0 Å². The number of nitrogens with zero attached hydrogens (tertiary/aromatic N) is 1. The van der Waals surface area contributed by atoms with E-state index < -0.39 is 7.22 Å². The smallest absolute Gasteiger partial charge is 0.269 e. The summed E-state index contributed by atoms with van der Waals surface area (Å²) in [6, 6.07) is 9.92. The van der Waals surface area contributed by atoms with E-state index in [4.69, 9.17) is 4.74 Å². The second-order valence-corrected chi connectivity index (χ2v) is 15.9. The van der Waals surface area contributed by atoms with Crippen LogP contribution in [0, 0.1) is 17.1 Å². The Balaban J connectivity index is 2.98. The van der Waals surface area contributed by atoms with Crippen LogP contribution in [0.5, 0.6) is 0 Å². The van der Waals surface area contributed by atoms with Gasteiger partial charge in [0.05, 0.1) is 5.69 Å². The van der Waals surface area contributed by atoms with Gasteiger partial charge in [-0.25, -0.2) is 4.99 Å². The molecule has 0 N–H and O–H groups in total. The Kier molecular flexibility index (Phi) is 9.24. The first-order valence-corrected chi connectivity index (χ1v) is 13.9. The van der Waals surface area contributed by atoms with Crippen molar-refractivity contribution in [2.75, 3.05) is 0 Å². The Labute approximate surface area is 153 Å². The zero-order chi connectivity index (χ0) is 18.0. The maximum absolute atomic E-state index is 6.21. The number of ether oxygens (including phenoxy) is 1. The first-order valence-electron chi connectivity index (χ1n) is 8.85. The van der Waals surface area contributed by atoms with Crippen LogP contribution in [-0.2, 0) is 4.74 Å². The molecule has 4 heteroatoms. The van der Waals surface area contributed by atoms with Gasteiger partial charge in [-0.05, 0) is 36.1 Å². The summed E-state index contributed by atoms with van der Waals surface area (Å²) in [5.41, 5.74) is 0.887. The van der Waals surface area contributed by atoms with Crippen LogP contribution in [0.25, 0.3) is 0 Å². The molecule has 0 aliphatic carbocycles. The summed E-state index contributed by atoms with van der Waals surface area (Å²) in [4.78, 5) is 4.63. The van der Waals surface area contributed by atoms with Crippen LogP contribution in [0.3, 0.4) is 0 Å². The highest BCUT2D eigenvalue weighted by Crippen LogP contribution is 2.20. The third-order valence-corrected chi connectivity index (χ3v) is 6.51. The monoisotopic (exact) mass is 361 g/mol. The molecule has 0 aromatic heterocycles. The van der Waals surface area contributed by atoms with Crippen molar-refractivity contribution < 1.29 is 4.74 Å². The Morgan fingerprint density at radius 2 is 1.88 bits per heavy atom. The normalized spacial score (nSPS) is 14.5. The number of hydrogen-bond acceptors (Lipinski definition) is 3. The van der Waals surface area contributed by atoms with Gasteiger partial charge in [-0.15, -0.1) is 11.2 Å². The average molecular weight is 362 g/mol. The van der Waals surface area contributed by atoms with Crippen molar-refractivity contribution in [1.29, 1.82) is 0 Å². The highest BCUT2D eigenvalue weighted by atomic mass is 32.4. The minimum atomic E-state index is -1.27. The third-order valence-electron chi connectivity index (χ3n) is 3.55. The van der Waals surface area contributed by atoms with Crippen LogP contribution in [0.2, 0.25) is 19.6 Å². The molecule has 0 spiro atoms. The van der Waals surface area contributed by atoms with Crippen molar-refractivity contribution >= 4 is 30.0 Å². The van der Waals surface area contributed by atoms with Gasteiger partial charge in [0.25, 0.3) is 5.90 Å². The summed E-state index contributed by atoms with van der Waals surface area (Å²) in [6.07, 6.45) is 3.47. The molecule has 0 fully saturated rings. The molecule has 1 aromatic rings. The van der Waals surface area contributed by atoms with E-state index in [-0.39, 0.29) is 6.10 Å². The van der Waals surface area contributed by atoms with Crippen LogP contribution >= 0.6 is 11.2 Å². The van der Waals surface area contributed by atoms with E-state index >= 15 is 0 Å². The fourth-order valence-corrected chi connectivity index (χ4v) is 3.83.